The molecule has 1 aromatic carbocycles. The number of aromatic nitrogens is 2. The number of fused-ring (bicyclic) bond motifs is 1. The quantitative estimate of drug-likeness (QED) is 0.489. The van der Waals surface area contributed by atoms with E-state index in [0.29, 0.717) is 16.6 Å². The maximum absolute atomic E-state index is 11.1. The van der Waals surface area contributed by atoms with Gasteiger partial charge in [-0.25, -0.2) is 0 Å². The second-order valence-corrected chi connectivity index (χ2v) is 3.41. The van der Waals surface area contributed by atoms with E-state index in [9.17, 15) is 14.9 Å². The number of nitro benzene ring substituents is 1. The van der Waals surface area contributed by atoms with Crippen molar-refractivity contribution in [2.75, 3.05) is 7.11 Å². The molecule has 0 fully saturated rings. The van der Waals surface area contributed by atoms with Crippen LogP contribution in [0.1, 0.15) is 5.69 Å². The Morgan fingerprint density at radius 1 is 1.59 bits per heavy atom. The number of carbonyl (C=O) groups excluding carboxylic acids is 1. The van der Waals surface area contributed by atoms with Crippen molar-refractivity contribution in [2.45, 2.75) is 6.42 Å². The van der Waals surface area contributed by atoms with Crippen LogP contribution in [0, 0.1) is 10.1 Å². The first kappa shape index (κ1) is 11.1. The molecule has 2 aromatic rings. The van der Waals surface area contributed by atoms with Gasteiger partial charge in [0.25, 0.3) is 5.69 Å². The third-order valence-electron chi connectivity index (χ3n) is 2.38. The zero-order valence-electron chi connectivity index (χ0n) is 8.97. The fourth-order valence-electron chi connectivity index (χ4n) is 1.52. The van der Waals surface area contributed by atoms with Crippen LogP contribution in [0.3, 0.4) is 0 Å². The number of benzene rings is 1. The fourth-order valence-corrected chi connectivity index (χ4v) is 1.52. The topological polar surface area (TPSA) is 98.1 Å². The molecule has 17 heavy (non-hydrogen) atoms. The van der Waals surface area contributed by atoms with Crippen molar-refractivity contribution in [3.63, 3.8) is 0 Å². The Hall–Kier alpha value is -2.44. The zero-order chi connectivity index (χ0) is 12.4. The first-order chi connectivity index (χ1) is 8.11. The van der Waals surface area contributed by atoms with Gasteiger partial charge in [0, 0.05) is 17.5 Å². The summed E-state index contributed by atoms with van der Waals surface area (Å²) in [6.07, 6.45) is 0.0603. The molecule has 1 N–H and O–H groups in total. The molecule has 0 aliphatic carbocycles. The fraction of sp³-hybridized carbons (Fsp3) is 0.200. The number of nitro groups is 1. The molecule has 0 atom stereocenters. The second-order valence-electron chi connectivity index (χ2n) is 3.41. The van der Waals surface area contributed by atoms with Crippen molar-refractivity contribution in [3.8, 4) is 0 Å². The van der Waals surface area contributed by atoms with Gasteiger partial charge in [-0.05, 0) is 6.07 Å². The van der Waals surface area contributed by atoms with Gasteiger partial charge in [0.05, 0.1) is 29.7 Å². The Balaban J connectivity index is 2.41. The van der Waals surface area contributed by atoms with Crippen LogP contribution in [0.4, 0.5) is 5.69 Å². The number of H-pyrrole nitrogens is 1. The average molecular weight is 235 g/mol. The SMILES string of the molecule is COC(=O)Cc1[nH]nc2cc([N+](=O)[O-])ccc12. The summed E-state index contributed by atoms with van der Waals surface area (Å²) in [4.78, 5) is 21.2. The van der Waals surface area contributed by atoms with Gasteiger partial charge in [0.15, 0.2) is 0 Å². The summed E-state index contributed by atoms with van der Waals surface area (Å²) in [6, 6.07) is 4.29. The molecule has 0 aliphatic heterocycles. The number of non-ortho nitro benzene ring substituents is 1. The Morgan fingerprint density at radius 2 is 2.35 bits per heavy atom. The molecule has 7 heteroatoms. The molecule has 0 saturated heterocycles. The number of hydrogen-bond donors (Lipinski definition) is 1. The van der Waals surface area contributed by atoms with Crippen LogP contribution >= 0.6 is 0 Å². The summed E-state index contributed by atoms with van der Waals surface area (Å²) in [5, 5.41) is 17.8. The standard InChI is InChI=1S/C10H9N3O4/c1-17-10(14)5-9-7-3-2-6(13(15)16)4-8(7)11-12-9/h2-4H,5H2,1H3,(H,11,12). The molecule has 0 radical (unpaired) electrons. The van der Waals surface area contributed by atoms with Crippen LogP contribution in [0.15, 0.2) is 18.2 Å². The minimum atomic E-state index is -0.492. The molecule has 0 amide bonds. The van der Waals surface area contributed by atoms with Crippen molar-refractivity contribution in [1.82, 2.24) is 10.2 Å². The maximum Gasteiger partial charge on any atom is 0.311 e. The lowest BCUT2D eigenvalue weighted by Gasteiger charge is -1.96. The van der Waals surface area contributed by atoms with Crippen LogP contribution in [0.25, 0.3) is 10.9 Å². The summed E-state index contributed by atoms with van der Waals surface area (Å²) in [5.74, 6) is -0.395. The minimum absolute atomic E-state index is 0.0337. The zero-order valence-corrected chi connectivity index (χ0v) is 8.97. The van der Waals surface area contributed by atoms with Gasteiger partial charge in [-0.15, -0.1) is 0 Å². The van der Waals surface area contributed by atoms with Gasteiger partial charge in [-0.3, -0.25) is 20.0 Å². The van der Waals surface area contributed by atoms with Gasteiger partial charge in [0.2, 0.25) is 0 Å². The maximum atomic E-state index is 11.1. The van der Waals surface area contributed by atoms with E-state index in [4.69, 9.17) is 0 Å². The number of carbonyl (C=O) groups is 1. The second kappa shape index (κ2) is 4.20. The molecule has 7 nitrogen and oxygen atoms in total. The van der Waals surface area contributed by atoms with E-state index in [0.717, 1.165) is 0 Å². The molecule has 0 saturated carbocycles. The smallest absolute Gasteiger partial charge is 0.311 e. The van der Waals surface area contributed by atoms with Gasteiger partial charge in [-0.2, -0.15) is 5.10 Å². The normalized spacial score (nSPS) is 10.4. The van der Waals surface area contributed by atoms with Crippen LogP contribution in [0.2, 0.25) is 0 Å². The van der Waals surface area contributed by atoms with E-state index in [-0.39, 0.29) is 12.1 Å². The number of nitrogens with zero attached hydrogens (tertiary/aromatic N) is 2. The molecule has 88 valence electrons. The summed E-state index contributed by atoms with van der Waals surface area (Å²) in [5.41, 5.74) is 1.01. The summed E-state index contributed by atoms with van der Waals surface area (Å²) < 4.78 is 4.54. The third kappa shape index (κ3) is 2.07. The largest absolute Gasteiger partial charge is 0.469 e. The number of aromatic amines is 1. The molecule has 0 aliphatic rings. The molecule has 1 aromatic heterocycles. The average Bonchev–Trinajstić information content (AvgIpc) is 2.71. The molecule has 2 rings (SSSR count). The molecule has 0 bridgehead atoms. The Kier molecular flexibility index (Phi) is 2.73. The van der Waals surface area contributed by atoms with Gasteiger partial charge in [-0.1, -0.05) is 0 Å². The van der Waals surface area contributed by atoms with Crippen LogP contribution < -0.4 is 0 Å². The lowest BCUT2D eigenvalue weighted by molar-refractivity contribution is -0.384. The van der Waals surface area contributed by atoms with E-state index in [2.05, 4.69) is 14.9 Å². The van der Waals surface area contributed by atoms with Crippen LogP contribution in [-0.2, 0) is 16.0 Å². The predicted octanol–water partition coefficient (Wildman–Crippen LogP) is 1.19. The highest BCUT2D eigenvalue weighted by Crippen LogP contribution is 2.21. The van der Waals surface area contributed by atoms with Gasteiger partial charge >= 0.3 is 5.97 Å². The summed E-state index contributed by atoms with van der Waals surface area (Å²) in [6.45, 7) is 0. The molecular weight excluding hydrogens is 226 g/mol. The number of hydrogen-bond acceptors (Lipinski definition) is 5. The monoisotopic (exact) mass is 235 g/mol. The van der Waals surface area contributed by atoms with E-state index in [1.807, 2.05) is 0 Å². The van der Waals surface area contributed by atoms with Crippen molar-refractivity contribution < 1.29 is 14.5 Å². The van der Waals surface area contributed by atoms with Crippen molar-refractivity contribution in [1.29, 1.82) is 0 Å². The Bertz CT molecular complexity index is 590. The highest BCUT2D eigenvalue weighted by Gasteiger charge is 2.13. The third-order valence-corrected chi connectivity index (χ3v) is 2.38. The summed E-state index contributed by atoms with van der Waals surface area (Å²) in [7, 11) is 1.30. The molecular formula is C10H9N3O4. The number of methoxy groups -OCH3 is 1. The highest BCUT2D eigenvalue weighted by molar-refractivity contribution is 5.86. The lowest BCUT2D eigenvalue weighted by atomic mass is 10.1. The first-order valence-corrected chi connectivity index (χ1v) is 4.80. The van der Waals surface area contributed by atoms with Crippen molar-refractivity contribution in [3.05, 3.63) is 34.0 Å². The van der Waals surface area contributed by atoms with E-state index in [1.165, 1.54) is 19.2 Å². The van der Waals surface area contributed by atoms with Crippen molar-refractivity contribution >= 4 is 22.6 Å². The van der Waals surface area contributed by atoms with Crippen molar-refractivity contribution in [2.24, 2.45) is 0 Å². The van der Waals surface area contributed by atoms with E-state index < -0.39 is 10.9 Å². The van der Waals surface area contributed by atoms with Crippen LogP contribution in [-0.4, -0.2) is 28.2 Å². The predicted molar refractivity (Wildman–Crippen MR) is 58.5 cm³/mol. The summed E-state index contributed by atoms with van der Waals surface area (Å²) >= 11 is 0. The Labute approximate surface area is 95.5 Å². The van der Waals surface area contributed by atoms with E-state index in [1.54, 1.807) is 6.07 Å². The minimum Gasteiger partial charge on any atom is -0.469 e. The van der Waals surface area contributed by atoms with Gasteiger partial charge in [0.1, 0.15) is 0 Å². The van der Waals surface area contributed by atoms with E-state index >= 15 is 0 Å². The van der Waals surface area contributed by atoms with Gasteiger partial charge < -0.3 is 4.74 Å². The number of ether oxygens (including phenoxy) is 1. The molecule has 1 heterocycles. The first-order valence-electron chi connectivity index (χ1n) is 4.80. The lowest BCUT2D eigenvalue weighted by Crippen LogP contribution is -2.04. The molecule has 0 spiro atoms. The highest BCUT2D eigenvalue weighted by atomic mass is 16.6. The van der Waals surface area contributed by atoms with Crippen LogP contribution in [0.5, 0.6) is 0 Å². The number of nitrogens with one attached hydrogen (secondary N) is 1. The molecule has 0 unspecified atom stereocenters. The number of rotatable bonds is 3. The number of esters is 1. The Morgan fingerprint density at radius 3 is 3.00 bits per heavy atom.